The molecule has 0 aliphatic carbocycles. The normalized spacial score (nSPS) is 19.7. The molecule has 1 saturated heterocycles. The van der Waals surface area contributed by atoms with Crippen LogP contribution in [0.2, 0.25) is 0 Å². The highest BCUT2D eigenvalue weighted by molar-refractivity contribution is 7.88. The van der Waals surface area contributed by atoms with Gasteiger partial charge in [-0.2, -0.15) is 26.3 Å². The minimum absolute atomic E-state index is 0.0400. The number of carbonyl (C=O) groups is 1. The number of halogens is 6. The zero-order valence-corrected chi connectivity index (χ0v) is 14.8. The fraction of sp³-hybridized carbons (Fsp3) is 0.533. The van der Waals surface area contributed by atoms with Crippen LogP contribution >= 0.6 is 0 Å². The van der Waals surface area contributed by atoms with Crippen LogP contribution in [0.5, 0.6) is 0 Å². The average molecular weight is 418 g/mol. The standard InChI is InChI=1S/C15H16F6N2O3S/c1-27(25,26)23-4-2-3-9(8-23)13(24)22-12-6-10(14(16,17)18)5-11(7-12)15(19,20)21/h5-7,9H,2-4,8H2,1H3,(H,22,24)/t9-/m0/s1. The largest absolute Gasteiger partial charge is 0.416 e. The first kappa shape index (κ1) is 21.5. The third kappa shape index (κ3) is 5.58. The van der Waals surface area contributed by atoms with Crippen LogP contribution in [0.1, 0.15) is 24.0 Å². The molecule has 0 aromatic heterocycles. The van der Waals surface area contributed by atoms with Gasteiger partial charge < -0.3 is 5.32 Å². The number of hydrogen-bond donors (Lipinski definition) is 1. The molecule has 0 spiro atoms. The summed E-state index contributed by atoms with van der Waals surface area (Å²) in [5.74, 6) is -1.71. The van der Waals surface area contributed by atoms with Gasteiger partial charge in [-0.25, -0.2) is 12.7 Å². The van der Waals surface area contributed by atoms with E-state index in [-0.39, 0.29) is 25.6 Å². The summed E-state index contributed by atoms with van der Waals surface area (Å²) in [6.45, 7) is 0.0140. The van der Waals surface area contributed by atoms with Gasteiger partial charge in [0.25, 0.3) is 0 Å². The molecule has 1 aromatic rings. The zero-order valence-electron chi connectivity index (χ0n) is 14.0. The van der Waals surface area contributed by atoms with Crippen LogP contribution in [0.3, 0.4) is 0 Å². The van der Waals surface area contributed by atoms with Crippen molar-refractivity contribution in [1.29, 1.82) is 0 Å². The number of piperidine rings is 1. The Labute approximate surface area is 151 Å². The van der Waals surface area contributed by atoms with Gasteiger partial charge in [-0.1, -0.05) is 0 Å². The van der Waals surface area contributed by atoms with Crippen LogP contribution in [0.4, 0.5) is 32.0 Å². The van der Waals surface area contributed by atoms with Crippen LogP contribution < -0.4 is 5.32 Å². The molecule has 0 saturated carbocycles. The molecule has 27 heavy (non-hydrogen) atoms. The molecule has 2 rings (SSSR count). The van der Waals surface area contributed by atoms with Gasteiger partial charge in [-0.05, 0) is 31.0 Å². The predicted molar refractivity (Wildman–Crippen MR) is 84.2 cm³/mol. The van der Waals surface area contributed by atoms with E-state index in [1.54, 1.807) is 0 Å². The third-order valence-corrected chi connectivity index (χ3v) is 5.35. The fourth-order valence-electron chi connectivity index (χ4n) is 2.73. The molecule has 1 fully saturated rings. The highest BCUT2D eigenvalue weighted by atomic mass is 32.2. The first-order valence-electron chi connectivity index (χ1n) is 7.73. The Kier molecular flexibility index (Phi) is 5.81. The lowest BCUT2D eigenvalue weighted by Gasteiger charge is -2.30. The number of nitrogens with one attached hydrogen (secondary N) is 1. The second kappa shape index (κ2) is 7.30. The summed E-state index contributed by atoms with van der Waals surface area (Å²) in [6.07, 6.45) is -8.49. The van der Waals surface area contributed by atoms with Gasteiger partial charge in [0.05, 0.1) is 23.3 Å². The number of amides is 1. The molecule has 1 atom stereocenters. The number of alkyl halides is 6. The second-order valence-electron chi connectivity index (χ2n) is 6.24. The average Bonchev–Trinajstić information content (AvgIpc) is 2.52. The van der Waals surface area contributed by atoms with E-state index in [0.717, 1.165) is 10.6 Å². The Morgan fingerprint density at radius 1 is 1.07 bits per heavy atom. The van der Waals surface area contributed by atoms with Crippen LogP contribution in [0.15, 0.2) is 18.2 Å². The van der Waals surface area contributed by atoms with Crippen molar-refractivity contribution in [3.05, 3.63) is 29.3 Å². The number of sulfonamides is 1. The predicted octanol–water partition coefficient (Wildman–Crippen LogP) is 3.33. The van der Waals surface area contributed by atoms with E-state index in [0.29, 0.717) is 18.6 Å². The number of carbonyl (C=O) groups excluding carboxylic acids is 1. The van der Waals surface area contributed by atoms with Gasteiger partial charge in [0.2, 0.25) is 15.9 Å². The number of hydrogen-bond acceptors (Lipinski definition) is 3. The van der Waals surface area contributed by atoms with E-state index in [1.165, 1.54) is 0 Å². The summed E-state index contributed by atoms with van der Waals surface area (Å²) in [6, 6.07) is 0.774. The number of nitrogens with zero attached hydrogens (tertiary/aromatic N) is 1. The highest BCUT2D eigenvalue weighted by Gasteiger charge is 2.37. The van der Waals surface area contributed by atoms with E-state index >= 15 is 0 Å². The Morgan fingerprint density at radius 3 is 2.04 bits per heavy atom. The van der Waals surface area contributed by atoms with Gasteiger partial charge in [0.1, 0.15) is 0 Å². The molecule has 5 nitrogen and oxygen atoms in total. The Balaban J connectivity index is 2.26. The molecule has 0 radical (unpaired) electrons. The Bertz CT molecular complexity index is 788. The van der Waals surface area contributed by atoms with Crippen molar-refractivity contribution in [3.8, 4) is 0 Å². The molecule has 1 aromatic carbocycles. The monoisotopic (exact) mass is 418 g/mol. The number of anilines is 1. The maximum atomic E-state index is 12.9. The molecule has 1 heterocycles. The maximum Gasteiger partial charge on any atom is 0.416 e. The minimum Gasteiger partial charge on any atom is -0.326 e. The summed E-state index contributed by atoms with van der Waals surface area (Å²) >= 11 is 0. The van der Waals surface area contributed by atoms with Gasteiger partial charge in [0.15, 0.2) is 0 Å². The van der Waals surface area contributed by atoms with Crippen molar-refractivity contribution < 1.29 is 39.6 Å². The van der Waals surface area contributed by atoms with Crippen molar-refractivity contribution in [2.24, 2.45) is 5.92 Å². The Hall–Kier alpha value is -1.82. The molecule has 152 valence electrons. The fourth-order valence-corrected chi connectivity index (χ4v) is 3.64. The summed E-state index contributed by atoms with van der Waals surface area (Å²) in [7, 11) is -3.56. The van der Waals surface area contributed by atoms with Crippen molar-refractivity contribution >= 4 is 21.6 Å². The van der Waals surface area contributed by atoms with Crippen LogP contribution in [0, 0.1) is 5.92 Å². The van der Waals surface area contributed by atoms with E-state index in [4.69, 9.17) is 0 Å². The van der Waals surface area contributed by atoms with Crippen molar-refractivity contribution in [2.45, 2.75) is 25.2 Å². The minimum atomic E-state index is -5.03. The van der Waals surface area contributed by atoms with Crippen molar-refractivity contribution in [2.75, 3.05) is 24.7 Å². The maximum absolute atomic E-state index is 12.9. The van der Waals surface area contributed by atoms with Crippen molar-refractivity contribution in [3.63, 3.8) is 0 Å². The lowest BCUT2D eigenvalue weighted by molar-refractivity contribution is -0.143. The van der Waals surface area contributed by atoms with Crippen LogP contribution in [0.25, 0.3) is 0 Å². The molecule has 0 unspecified atom stereocenters. The summed E-state index contributed by atoms with van der Waals surface area (Å²) in [5.41, 5.74) is -3.75. The van der Waals surface area contributed by atoms with Crippen LogP contribution in [-0.2, 0) is 27.2 Å². The third-order valence-electron chi connectivity index (χ3n) is 4.08. The summed E-state index contributed by atoms with van der Waals surface area (Å²) in [4.78, 5) is 12.3. The Morgan fingerprint density at radius 2 is 1.59 bits per heavy atom. The molecule has 1 N–H and O–H groups in total. The number of benzene rings is 1. The zero-order chi connectivity index (χ0) is 20.6. The summed E-state index contributed by atoms with van der Waals surface area (Å²) in [5, 5.41) is 2.05. The molecule has 1 aliphatic heterocycles. The lowest BCUT2D eigenvalue weighted by Crippen LogP contribution is -2.43. The lowest BCUT2D eigenvalue weighted by atomic mass is 9.98. The van der Waals surface area contributed by atoms with Crippen molar-refractivity contribution in [1.82, 2.24) is 4.31 Å². The number of rotatable bonds is 3. The van der Waals surface area contributed by atoms with E-state index in [9.17, 15) is 39.6 Å². The molecule has 1 amide bonds. The van der Waals surface area contributed by atoms with E-state index in [1.807, 2.05) is 5.32 Å². The first-order valence-corrected chi connectivity index (χ1v) is 9.58. The molecule has 0 bridgehead atoms. The van der Waals surface area contributed by atoms with E-state index < -0.39 is 51.0 Å². The highest BCUT2D eigenvalue weighted by Crippen LogP contribution is 2.37. The smallest absolute Gasteiger partial charge is 0.326 e. The van der Waals surface area contributed by atoms with Gasteiger partial charge in [-0.3, -0.25) is 4.79 Å². The molecular weight excluding hydrogens is 402 g/mol. The SMILES string of the molecule is CS(=O)(=O)N1CCC[C@H](C(=O)Nc2cc(C(F)(F)F)cc(C(F)(F)F)c2)C1. The second-order valence-corrected chi connectivity index (χ2v) is 8.23. The molecule has 12 heteroatoms. The summed E-state index contributed by atoms with van der Waals surface area (Å²) < 4.78 is 101. The topological polar surface area (TPSA) is 66.5 Å². The quantitative estimate of drug-likeness (QED) is 0.766. The van der Waals surface area contributed by atoms with Gasteiger partial charge in [-0.15, -0.1) is 0 Å². The first-order chi connectivity index (χ1) is 12.2. The van der Waals surface area contributed by atoms with Crippen LogP contribution in [-0.4, -0.2) is 38.0 Å². The van der Waals surface area contributed by atoms with E-state index in [2.05, 4.69) is 0 Å². The van der Waals surface area contributed by atoms with Gasteiger partial charge >= 0.3 is 12.4 Å². The molecular formula is C15H16F6N2O3S. The molecule has 1 aliphatic rings. The van der Waals surface area contributed by atoms with Gasteiger partial charge in [0, 0.05) is 18.8 Å².